The minimum absolute atomic E-state index is 0.0428. The van der Waals surface area contributed by atoms with Gasteiger partial charge in [0.15, 0.2) is 0 Å². The summed E-state index contributed by atoms with van der Waals surface area (Å²) in [6, 6.07) is 4.59. The lowest BCUT2D eigenvalue weighted by molar-refractivity contribution is -0.118. The fraction of sp³-hybridized carbons (Fsp3) is 0.562. The molecule has 1 amide bonds. The molecule has 5 nitrogen and oxygen atoms in total. The fourth-order valence-electron chi connectivity index (χ4n) is 3.27. The average Bonchev–Trinajstić information content (AvgIpc) is 3.37. The van der Waals surface area contributed by atoms with Crippen LogP contribution in [-0.2, 0) is 4.79 Å². The summed E-state index contributed by atoms with van der Waals surface area (Å²) in [5, 5.41) is 13.1. The molecule has 22 heavy (non-hydrogen) atoms. The molecule has 0 spiro atoms. The van der Waals surface area contributed by atoms with E-state index in [1.165, 1.54) is 11.8 Å². The molecular formula is C16H18N4OS. The number of pyridine rings is 1. The molecule has 0 radical (unpaired) electrons. The first-order valence-electron chi connectivity index (χ1n) is 7.87. The van der Waals surface area contributed by atoms with Crippen molar-refractivity contribution in [3.63, 3.8) is 0 Å². The maximum atomic E-state index is 11.8. The van der Waals surface area contributed by atoms with E-state index in [1.54, 1.807) is 0 Å². The lowest BCUT2D eigenvalue weighted by atomic mass is 9.86. The Kier molecular flexibility index (Phi) is 3.45. The monoisotopic (exact) mass is 314 g/mol. The van der Waals surface area contributed by atoms with E-state index >= 15 is 0 Å². The van der Waals surface area contributed by atoms with Crippen LogP contribution in [0.2, 0.25) is 0 Å². The van der Waals surface area contributed by atoms with Gasteiger partial charge in [0, 0.05) is 25.0 Å². The number of carbonyl (C=O) groups is 1. The van der Waals surface area contributed by atoms with Crippen molar-refractivity contribution in [2.45, 2.75) is 42.7 Å². The number of anilines is 1. The Labute approximate surface area is 134 Å². The molecule has 114 valence electrons. The highest BCUT2D eigenvalue weighted by Crippen LogP contribution is 2.42. The first-order chi connectivity index (χ1) is 10.7. The van der Waals surface area contributed by atoms with Crippen LogP contribution in [0, 0.1) is 11.3 Å². The number of thioether (sulfide) groups is 1. The second-order valence-corrected chi connectivity index (χ2v) is 7.21. The molecule has 6 heteroatoms. The molecule has 2 fully saturated rings. The number of fused-ring (bicyclic) bond motifs is 2. The molecular weight excluding hydrogens is 296 g/mol. The maximum Gasteiger partial charge on any atom is 0.230 e. The molecule has 1 saturated heterocycles. The van der Waals surface area contributed by atoms with Gasteiger partial charge in [-0.15, -0.1) is 0 Å². The number of nitriles is 1. The van der Waals surface area contributed by atoms with Crippen LogP contribution in [-0.4, -0.2) is 35.8 Å². The van der Waals surface area contributed by atoms with Gasteiger partial charge in [-0.2, -0.15) is 5.26 Å². The third kappa shape index (κ3) is 2.54. The van der Waals surface area contributed by atoms with Crippen molar-refractivity contribution >= 4 is 23.4 Å². The second kappa shape index (κ2) is 5.47. The Morgan fingerprint density at radius 1 is 1.41 bits per heavy atom. The van der Waals surface area contributed by atoms with Crippen LogP contribution in [0.25, 0.3) is 0 Å². The molecule has 1 aliphatic carbocycles. The van der Waals surface area contributed by atoms with Crippen molar-refractivity contribution in [1.29, 1.82) is 5.26 Å². The van der Waals surface area contributed by atoms with Gasteiger partial charge in [-0.1, -0.05) is 11.8 Å². The van der Waals surface area contributed by atoms with Gasteiger partial charge in [0.1, 0.15) is 11.1 Å². The van der Waals surface area contributed by atoms with Crippen molar-refractivity contribution < 1.29 is 4.79 Å². The zero-order valence-corrected chi connectivity index (χ0v) is 13.2. The van der Waals surface area contributed by atoms with E-state index in [1.807, 2.05) is 6.07 Å². The normalized spacial score (nSPS) is 19.7. The quantitative estimate of drug-likeness (QED) is 0.861. The summed E-state index contributed by atoms with van der Waals surface area (Å²) in [5.41, 5.74) is 2.85. The van der Waals surface area contributed by atoms with Crippen molar-refractivity contribution in [2.75, 3.05) is 23.7 Å². The van der Waals surface area contributed by atoms with Crippen LogP contribution >= 0.6 is 11.8 Å². The van der Waals surface area contributed by atoms with E-state index in [-0.39, 0.29) is 5.91 Å². The molecule has 0 atom stereocenters. The molecule has 1 aromatic rings. The number of hydrogen-bond donors (Lipinski definition) is 1. The topological polar surface area (TPSA) is 69.0 Å². The number of hydrogen-bond acceptors (Lipinski definition) is 5. The summed E-state index contributed by atoms with van der Waals surface area (Å²) in [4.78, 5) is 18.9. The van der Waals surface area contributed by atoms with Gasteiger partial charge in [0.25, 0.3) is 0 Å². The number of piperidine rings is 1. The first-order valence-corrected chi connectivity index (χ1v) is 8.85. The molecule has 1 saturated carbocycles. The Hall–Kier alpha value is -1.74. The first kappa shape index (κ1) is 13.9. The summed E-state index contributed by atoms with van der Waals surface area (Å²) in [6.07, 6.45) is 4.49. The van der Waals surface area contributed by atoms with E-state index < -0.39 is 0 Å². The van der Waals surface area contributed by atoms with Crippen LogP contribution < -0.4 is 10.2 Å². The number of nitrogens with zero attached hydrogens (tertiary/aromatic N) is 3. The van der Waals surface area contributed by atoms with Crippen LogP contribution in [0.4, 0.5) is 5.69 Å². The SMILES string of the molecule is N#Cc1cc2c(nc1SCC(=O)NC1CC1)C1CCN2CC1. The lowest BCUT2D eigenvalue weighted by Gasteiger charge is -2.41. The van der Waals surface area contributed by atoms with E-state index in [9.17, 15) is 10.1 Å². The Bertz CT molecular complexity index is 657. The number of nitrogens with one attached hydrogen (secondary N) is 1. The highest BCUT2D eigenvalue weighted by Gasteiger charge is 2.33. The Morgan fingerprint density at radius 3 is 2.86 bits per heavy atom. The highest BCUT2D eigenvalue weighted by molar-refractivity contribution is 8.00. The van der Waals surface area contributed by atoms with Crippen molar-refractivity contribution in [3.05, 3.63) is 17.3 Å². The molecule has 4 heterocycles. The van der Waals surface area contributed by atoms with Gasteiger partial charge in [-0.25, -0.2) is 4.98 Å². The zero-order chi connectivity index (χ0) is 15.1. The van der Waals surface area contributed by atoms with Gasteiger partial charge < -0.3 is 10.2 Å². The summed E-state index contributed by atoms with van der Waals surface area (Å²) in [7, 11) is 0. The van der Waals surface area contributed by atoms with Gasteiger partial charge in [-0.3, -0.25) is 4.79 Å². The maximum absolute atomic E-state index is 11.8. The molecule has 0 aromatic carbocycles. The summed E-state index contributed by atoms with van der Waals surface area (Å²) >= 11 is 1.39. The summed E-state index contributed by atoms with van der Waals surface area (Å²) in [5.74, 6) is 0.902. The Balaban J connectivity index is 1.55. The van der Waals surface area contributed by atoms with E-state index in [0.717, 1.165) is 50.2 Å². The van der Waals surface area contributed by atoms with Crippen molar-refractivity contribution in [3.8, 4) is 6.07 Å². The second-order valence-electron chi connectivity index (χ2n) is 6.25. The molecule has 2 bridgehead atoms. The van der Waals surface area contributed by atoms with Crippen molar-refractivity contribution in [2.24, 2.45) is 0 Å². The minimum atomic E-state index is 0.0428. The predicted molar refractivity (Wildman–Crippen MR) is 85.0 cm³/mol. The molecule has 1 N–H and O–H groups in total. The van der Waals surface area contributed by atoms with Gasteiger partial charge in [0.2, 0.25) is 5.91 Å². The fourth-order valence-corrected chi connectivity index (χ4v) is 4.04. The predicted octanol–water partition coefficient (Wildman–Crippen LogP) is 2.02. The largest absolute Gasteiger partial charge is 0.370 e. The van der Waals surface area contributed by atoms with Crippen LogP contribution in [0.1, 0.15) is 42.9 Å². The minimum Gasteiger partial charge on any atom is -0.370 e. The van der Waals surface area contributed by atoms with Crippen LogP contribution in [0.3, 0.4) is 0 Å². The van der Waals surface area contributed by atoms with E-state index in [0.29, 0.717) is 28.3 Å². The molecule has 1 aromatic heterocycles. The number of carbonyl (C=O) groups excluding carboxylic acids is 1. The third-order valence-corrected chi connectivity index (χ3v) is 5.61. The molecule has 5 rings (SSSR count). The molecule has 0 unspecified atom stereocenters. The Morgan fingerprint density at radius 2 is 2.18 bits per heavy atom. The summed E-state index contributed by atoms with van der Waals surface area (Å²) < 4.78 is 0. The van der Waals surface area contributed by atoms with Gasteiger partial charge in [0.05, 0.1) is 22.7 Å². The van der Waals surface area contributed by atoms with Crippen LogP contribution in [0.5, 0.6) is 0 Å². The molecule has 4 aliphatic rings. The van der Waals surface area contributed by atoms with Gasteiger partial charge >= 0.3 is 0 Å². The van der Waals surface area contributed by atoms with E-state index in [4.69, 9.17) is 4.98 Å². The smallest absolute Gasteiger partial charge is 0.230 e. The zero-order valence-electron chi connectivity index (χ0n) is 12.3. The summed E-state index contributed by atoms with van der Waals surface area (Å²) in [6.45, 7) is 2.14. The standard InChI is InChI=1S/C16H18N4OS/c17-8-11-7-13-15(10-3-5-20(13)6-4-10)19-16(11)22-9-14(21)18-12-1-2-12/h7,10,12H,1-6,9H2,(H,18,21). The lowest BCUT2D eigenvalue weighted by Crippen LogP contribution is -2.39. The van der Waals surface area contributed by atoms with E-state index in [2.05, 4.69) is 16.3 Å². The molecule has 3 aliphatic heterocycles. The number of amides is 1. The van der Waals surface area contributed by atoms with Gasteiger partial charge in [-0.05, 0) is 31.7 Å². The average molecular weight is 314 g/mol. The number of rotatable bonds is 4. The van der Waals surface area contributed by atoms with Crippen molar-refractivity contribution in [1.82, 2.24) is 10.3 Å². The van der Waals surface area contributed by atoms with Crippen LogP contribution in [0.15, 0.2) is 11.1 Å². The third-order valence-electron chi connectivity index (χ3n) is 4.62. The number of aromatic nitrogens is 1. The highest BCUT2D eigenvalue weighted by atomic mass is 32.2.